The number of rotatable bonds is 5. The van der Waals surface area contributed by atoms with Gasteiger partial charge in [-0.15, -0.1) is 0 Å². The Morgan fingerprint density at radius 1 is 1.35 bits per heavy atom. The van der Waals surface area contributed by atoms with Crippen LogP contribution in [0.25, 0.3) is 0 Å². The smallest absolute Gasteiger partial charge is 0.235 e. The highest BCUT2D eigenvalue weighted by Gasteiger charge is 2.30. The van der Waals surface area contributed by atoms with E-state index in [-0.39, 0.29) is 23.5 Å². The van der Waals surface area contributed by atoms with Crippen molar-refractivity contribution in [3.8, 4) is 0 Å². The fourth-order valence-electron chi connectivity index (χ4n) is 1.95. The molecule has 0 spiro atoms. The van der Waals surface area contributed by atoms with E-state index >= 15 is 0 Å². The topological polar surface area (TPSA) is 92.5 Å². The molecule has 1 aliphatic heterocycles. The SMILES string of the molecule is NC(=O)C(CN1CCS(=O)(=O)CC1)NC1CC1. The minimum Gasteiger partial charge on any atom is -0.368 e. The molecule has 1 heterocycles. The van der Waals surface area contributed by atoms with Gasteiger partial charge in [0.15, 0.2) is 9.84 Å². The van der Waals surface area contributed by atoms with Gasteiger partial charge in [-0.25, -0.2) is 8.42 Å². The molecule has 0 aromatic carbocycles. The van der Waals surface area contributed by atoms with Crippen molar-refractivity contribution in [3.63, 3.8) is 0 Å². The minimum atomic E-state index is -2.86. The summed E-state index contributed by atoms with van der Waals surface area (Å²) in [4.78, 5) is 13.3. The molecule has 1 aliphatic carbocycles. The number of carbonyl (C=O) groups excluding carboxylic acids is 1. The largest absolute Gasteiger partial charge is 0.368 e. The van der Waals surface area contributed by atoms with E-state index in [0.29, 0.717) is 25.7 Å². The molecule has 2 fully saturated rings. The van der Waals surface area contributed by atoms with Crippen LogP contribution < -0.4 is 11.1 Å². The lowest BCUT2D eigenvalue weighted by molar-refractivity contribution is -0.120. The minimum absolute atomic E-state index is 0.182. The van der Waals surface area contributed by atoms with Crippen LogP contribution >= 0.6 is 0 Å². The van der Waals surface area contributed by atoms with Gasteiger partial charge in [0.2, 0.25) is 5.91 Å². The van der Waals surface area contributed by atoms with Gasteiger partial charge in [-0.05, 0) is 12.8 Å². The van der Waals surface area contributed by atoms with Crippen molar-refractivity contribution in [1.82, 2.24) is 10.2 Å². The number of nitrogens with one attached hydrogen (secondary N) is 1. The van der Waals surface area contributed by atoms with Crippen LogP contribution in [0.5, 0.6) is 0 Å². The van der Waals surface area contributed by atoms with Crippen LogP contribution in [0, 0.1) is 0 Å². The molecule has 0 radical (unpaired) electrons. The maximum Gasteiger partial charge on any atom is 0.235 e. The predicted molar refractivity (Wildman–Crippen MR) is 64.2 cm³/mol. The molecule has 6 nitrogen and oxygen atoms in total. The van der Waals surface area contributed by atoms with Gasteiger partial charge >= 0.3 is 0 Å². The second-order valence-electron chi connectivity index (χ2n) is 4.85. The number of nitrogens with two attached hydrogens (primary N) is 1. The van der Waals surface area contributed by atoms with E-state index in [2.05, 4.69) is 5.32 Å². The fourth-order valence-corrected chi connectivity index (χ4v) is 3.23. The summed E-state index contributed by atoms with van der Waals surface area (Å²) in [5, 5.41) is 3.19. The van der Waals surface area contributed by atoms with Crippen molar-refractivity contribution in [2.45, 2.75) is 24.9 Å². The lowest BCUT2D eigenvalue weighted by Crippen LogP contribution is -2.52. The molecular weight excluding hydrogens is 242 g/mol. The van der Waals surface area contributed by atoms with Crippen LogP contribution in [0.15, 0.2) is 0 Å². The highest BCUT2D eigenvalue weighted by atomic mass is 32.2. The Bertz CT molecular complexity index is 378. The summed E-state index contributed by atoms with van der Waals surface area (Å²) in [7, 11) is -2.86. The lowest BCUT2D eigenvalue weighted by Gasteiger charge is -2.29. The van der Waals surface area contributed by atoms with E-state index in [9.17, 15) is 13.2 Å². The van der Waals surface area contributed by atoms with Crippen LogP contribution in [-0.4, -0.2) is 62.4 Å². The molecule has 0 aromatic rings. The summed E-state index contributed by atoms with van der Waals surface area (Å²) in [6.07, 6.45) is 2.19. The Kier molecular flexibility index (Phi) is 3.70. The van der Waals surface area contributed by atoms with Crippen molar-refractivity contribution < 1.29 is 13.2 Å². The molecule has 2 rings (SSSR count). The Labute approximate surface area is 101 Å². The third-order valence-corrected chi connectivity index (χ3v) is 4.84. The van der Waals surface area contributed by atoms with Crippen LogP contribution in [0.4, 0.5) is 0 Å². The zero-order chi connectivity index (χ0) is 12.5. The third kappa shape index (κ3) is 3.93. The quantitative estimate of drug-likeness (QED) is 0.617. The molecule has 1 saturated heterocycles. The van der Waals surface area contributed by atoms with Gasteiger partial charge in [0.1, 0.15) is 0 Å². The molecule has 1 saturated carbocycles. The molecule has 98 valence electrons. The van der Waals surface area contributed by atoms with Crippen molar-refractivity contribution >= 4 is 15.7 Å². The zero-order valence-corrected chi connectivity index (χ0v) is 10.6. The number of primary amides is 1. The maximum absolute atomic E-state index is 11.3. The summed E-state index contributed by atoms with van der Waals surface area (Å²) in [5.74, 6) is 0.00873. The first-order valence-electron chi connectivity index (χ1n) is 5.94. The van der Waals surface area contributed by atoms with Gasteiger partial charge in [0.25, 0.3) is 0 Å². The van der Waals surface area contributed by atoms with Crippen LogP contribution in [0.1, 0.15) is 12.8 Å². The summed E-state index contributed by atoms with van der Waals surface area (Å²) in [6.45, 7) is 1.51. The first-order chi connectivity index (χ1) is 7.96. The summed E-state index contributed by atoms with van der Waals surface area (Å²) in [6, 6.07) is 0.0596. The molecule has 1 atom stereocenters. The summed E-state index contributed by atoms with van der Waals surface area (Å²) in [5.41, 5.74) is 5.34. The van der Waals surface area contributed by atoms with Crippen molar-refractivity contribution in [2.24, 2.45) is 5.73 Å². The Hall–Kier alpha value is -0.660. The summed E-state index contributed by atoms with van der Waals surface area (Å²) < 4.78 is 22.5. The molecule has 1 unspecified atom stereocenters. The second kappa shape index (κ2) is 4.91. The molecular formula is C10H19N3O3S. The number of nitrogens with zero attached hydrogens (tertiary/aromatic N) is 1. The van der Waals surface area contributed by atoms with Crippen LogP contribution in [0.2, 0.25) is 0 Å². The van der Waals surface area contributed by atoms with E-state index in [1.807, 2.05) is 4.90 Å². The third-order valence-electron chi connectivity index (χ3n) is 3.24. The van der Waals surface area contributed by atoms with E-state index in [4.69, 9.17) is 5.73 Å². The number of hydrogen-bond acceptors (Lipinski definition) is 5. The van der Waals surface area contributed by atoms with Crippen molar-refractivity contribution in [3.05, 3.63) is 0 Å². The fraction of sp³-hybridized carbons (Fsp3) is 0.900. The average molecular weight is 261 g/mol. The first kappa shape index (κ1) is 12.8. The van der Waals surface area contributed by atoms with Gasteiger partial charge in [-0.3, -0.25) is 9.69 Å². The normalized spacial score (nSPS) is 26.6. The molecule has 2 aliphatic rings. The van der Waals surface area contributed by atoms with E-state index in [1.165, 1.54) is 0 Å². The second-order valence-corrected chi connectivity index (χ2v) is 7.15. The van der Waals surface area contributed by atoms with Gasteiger partial charge in [0, 0.05) is 25.7 Å². The van der Waals surface area contributed by atoms with E-state index in [0.717, 1.165) is 12.8 Å². The van der Waals surface area contributed by atoms with Gasteiger partial charge in [0.05, 0.1) is 17.5 Å². The van der Waals surface area contributed by atoms with Gasteiger partial charge < -0.3 is 11.1 Å². The Morgan fingerprint density at radius 3 is 2.41 bits per heavy atom. The number of sulfone groups is 1. The molecule has 1 amide bonds. The summed E-state index contributed by atoms with van der Waals surface area (Å²) >= 11 is 0. The Balaban J connectivity index is 1.83. The zero-order valence-electron chi connectivity index (χ0n) is 9.76. The average Bonchev–Trinajstić information content (AvgIpc) is 3.03. The highest BCUT2D eigenvalue weighted by molar-refractivity contribution is 7.91. The number of carbonyl (C=O) groups is 1. The molecule has 0 aromatic heterocycles. The molecule has 3 N–H and O–H groups in total. The molecule has 7 heteroatoms. The van der Waals surface area contributed by atoms with Crippen molar-refractivity contribution in [2.75, 3.05) is 31.1 Å². The lowest BCUT2D eigenvalue weighted by atomic mass is 10.2. The Morgan fingerprint density at radius 2 is 1.94 bits per heavy atom. The van der Waals surface area contributed by atoms with Gasteiger partial charge in [-0.1, -0.05) is 0 Å². The molecule has 17 heavy (non-hydrogen) atoms. The monoisotopic (exact) mass is 261 g/mol. The highest BCUT2D eigenvalue weighted by Crippen LogP contribution is 2.19. The van der Waals surface area contributed by atoms with Crippen LogP contribution in [-0.2, 0) is 14.6 Å². The number of hydrogen-bond donors (Lipinski definition) is 2. The van der Waals surface area contributed by atoms with Gasteiger partial charge in [-0.2, -0.15) is 0 Å². The van der Waals surface area contributed by atoms with Crippen LogP contribution in [0.3, 0.4) is 0 Å². The van der Waals surface area contributed by atoms with Crippen molar-refractivity contribution in [1.29, 1.82) is 0 Å². The molecule has 0 bridgehead atoms. The maximum atomic E-state index is 11.3. The first-order valence-corrected chi connectivity index (χ1v) is 7.76. The predicted octanol–water partition coefficient (Wildman–Crippen LogP) is -1.68. The van der Waals surface area contributed by atoms with E-state index < -0.39 is 9.84 Å². The number of amides is 1. The van der Waals surface area contributed by atoms with E-state index in [1.54, 1.807) is 0 Å². The standard InChI is InChI=1S/C10H19N3O3S/c11-10(14)9(12-8-1-2-8)7-13-3-5-17(15,16)6-4-13/h8-9,12H,1-7H2,(H2,11,14).